The zero-order valence-electron chi connectivity index (χ0n) is 11.3. The summed E-state index contributed by atoms with van der Waals surface area (Å²) in [7, 11) is 1.86. The molecule has 18 heavy (non-hydrogen) atoms. The van der Waals surface area contributed by atoms with E-state index < -0.39 is 0 Å². The van der Waals surface area contributed by atoms with Gasteiger partial charge in [-0.15, -0.1) is 0 Å². The molecule has 0 radical (unpaired) electrons. The third-order valence-electron chi connectivity index (χ3n) is 3.69. The third-order valence-corrected chi connectivity index (χ3v) is 3.69. The lowest BCUT2D eigenvalue weighted by atomic mass is 9.77. The van der Waals surface area contributed by atoms with Gasteiger partial charge in [0.05, 0.1) is 12.1 Å². The first-order valence-electron chi connectivity index (χ1n) is 6.53. The number of aromatic nitrogens is 2. The first-order valence-corrected chi connectivity index (χ1v) is 6.53. The third kappa shape index (κ3) is 2.27. The van der Waals surface area contributed by atoms with Gasteiger partial charge in [0.1, 0.15) is 18.0 Å². The molecule has 1 fully saturated rings. The molecule has 0 saturated heterocycles. The number of hydrogen-bond acceptors (Lipinski definition) is 5. The highest BCUT2D eigenvalue weighted by atomic mass is 16.3. The average molecular weight is 250 g/mol. The van der Waals surface area contributed by atoms with Gasteiger partial charge in [-0.25, -0.2) is 9.97 Å². The van der Waals surface area contributed by atoms with E-state index in [2.05, 4.69) is 34.4 Å². The van der Waals surface area contributed by atoms with Gasteiger partial charge in [-0.1, -0.05) is 13.8 Å². The van der Waals surface area contributed by atoms with E-state index in [1.165, 1.54) is 0 Å². The van der Waals surface area contributed by atoms with Crippen molar-refractivity contribution < 1.29 is 5.11 Å². The zero-order chi connectivity index (χ0) is 13.2. The first kappa shape index (κ1) is 13.1. The van der Waals surface area contributed by atoms with Crippen LogP contribution in [0.3, 0.4) is 0 Å². The van der Waals surface area contributed by atoms with E-state index in [-0.39, 0.29) is 12.1 Å². The van der Waals surface area contributed by atoms with E-state index in [0.29, 0.717) is 5.92 Å². The van der Waals surface area contributed by atoms with Crippen LogP contribution in [-0.2, 0) is 0 Å². The quantitative estimate of drug-likeness (QED) is 0.745. The Morgan fingerprint density at radius 3 is 2.44 bits per heavy atom. The second-order valence-electron chi connectivity index (χ2n) is 5.31. The normalized spacial score (nSPS) is 17.4. The minimum Gasteiger partial charge on any atom is -0.394 e. The standard InChI is InChI=1S/C13H22N4O/c1-9(2)10-11(14-3)15-8-16-12(10)17-13(7-18)5-4-6-13/h8-9,18H,4-7H2,1-3H3,(H2,14,15,16,17). The summed E-state index contributed by atoms with van der Waals surface area (Å²) in [5.41, 5.74) is 0.906. The van der Waals surface area contributed by atoms with Gasteiger partial charge in [0.25, 0.3) is 0 Å². The zero-order valence-corrected chi connectivity index (χ0v) is 11.3. The van der Waals surface area contributed by atoms with E-state index in [9.17, 15) is 5.11 Å². The Morgan fingerprint density at radius 2 is 2.00 bits per heavy atom. The number of nitrogens with zero attached hydrogens (tertiary/aromatic N) is 2. The Bertz CT molecular complexity index is 410. The highest BCUT2D eigenvalue weighted by Crippen LogP contribution is 2.37. The number of aliphatic hydroxyl groups excluding tert-OH is 1. The fourth-order valence-corrected chi connectivity index (χ4v) is 2.42. The molecule has 1 heterocycles. The summed E-state index contributed by atoms with van der Waals surface area (Å²) in [6, 6.07) is 0. The topological polar surface area (TPSA) is 70.1 Å². The predicted molar refractivity (Wildman–Crippen MR) is 73.0 cm³/mol. The van der Waals surface area contributed by atoms with Crippen molar-refractivity contribution in [2.45, 2.75) is 44.6 Å². The summed E-state index contributed by atoms with van der Waals surface area (Å²) in [6.45, 7) is 4.40. The minimum absolute atomic E-state index is 0.156. The fourth-order valence-electron chi connectivity index (χ4n) is 2.42. The molecule has 0 bridgehead atoms. The summed E-state index contributed by atoms with van der Waals surface area (Å²) >= 11 is 0. The molecule has 1 saturated carbocycles. The number of anilines is 2. The lowest BCUT2D eigenvalue weighted by Crippen LogP contribution is -2.48. The summed E-state index contributed by atoms with van der Waals surface area (Å²) in [5, 5.41) is 16.1. The Morgan fingerprint density at radius 1 is 1.33 bits per heavy atom. The van der Waals surface area contributed by atoms with E-state index in [1.54, 1.807) is 6.33 Å². The molecule has 0 amide bonds. The molecule has 100 valence electrons. The van der Waals surface area contributed by atoms with Crippen LogP contribution in [0.4, 0.5) is 11.6 Å². The van der Waals surface area contributed by atoms with E-state index in [0.717, 1.165) is 36.5 Å². The highest BCUT2D eigenvalue weighted by Gasteiger charge is 2.37. The van der Waals surface area contributed by atoms with E-state index in [1.807, 2.05) is 7.05 Å². The van der Waals surface area contributed by atoms with E-state index >= 15 is 0 Å². The van der Waals surface area contributed by atoms with Gasteiger partial charge in [-0.3, -0.25) is 0 Å². The Labute approximate surface area is 108 Å². The van der Waals surface area contributed by atoms with Crippen molar-refractivity contribution in [3.05, 3.63) is 11.9 Å². The van der Waals surface area contributed by atoms with Crippen LogP contribution in [0, 0.1) is 0 Å². The van der Waals surface area contributed by atoms with Crippen molar-refractivity contribution in [3.63, 3.8) is 0 Å². The molecule has 1 aromatic heterocycles. The largest absolute Gasteiger partial charge is 0.394 e. The number of hydrogen-bond donors (Lipinski definition) is 3. The molecule has 5 nitrogen and oxygen atoms in total. The SMILES string of the molecule is CNc1ncnc(NC2(CO)CCC2)c1C(C)C. The van der Waals surface area contributed by atoms with Crippen LogP contribution in [-0.4, -0.2) is 34.3 Å². The van der Waals surface area contributed by atoms with Gasteiger partial charge < -0.3 is 15.7 Å². The first-order chi connectivity index (χ1) is 8.62. The molecule has 1 aliphatic rings. The molecule has 1 aliphatic carbocycles. The Hall–Kier alpha value is -1.36. The second kappa shape index (κ2) is 5.10. The number of rotatable bonds is 5. The molecule has 0 atom stereocenters. The Kier molecular flexibility index (Phi) is 3.71. The fraction of sp³-hybridized carbons (Fsp3) is 0.692. The number of aliphatic hydroxyl groups is 1. The molecule has 2 rings (SSSR count). The van der Waals surface area contributed by atoms with Crippen molar-refractivity contribution in [2.24, 2.45) is 0 Å². The maximum absolute atomic E-state index is 9.53. The van der Waals surface area contributed by atoms with Crippen LogP contribution >= 0.6 is 0 Å². The molecule has 0 aromatic carbocycles. The van der Waals surface area contributed by atoms with Crippen molar-refractivity contribution in [3.8, 4) is 0 Å². The maximum atomic E-state index is 9.53. The summed E-state index contributed by atoms with van der Waals surface area (Å²) in [6.07, 6.45) is 4.72. The van der Waals surface area contributed by atoms with Gasteiger partial charge in [-0.2, -0.15) is 0 Å². The molecule has 0 unspecified atom stereocenters. The molecule has 0 aliphatic heterocycles. The Balaban J connectivity index is 2.32. The van der Waals surface area contributed by atoms with Crippen LogP contribution in [0.15, 0.2) is 6.33 Å². The van der Waals surface area contributed by atoms with Crippen LogP contribution in [0.2, 0.25) is 0 Å². The predicted octanol–water partition coefficient (Wildman–Crippen LogP) is 1.97. The lowest BCUT2D eigenvalue weighted by Gasteiger charge is -2.42. The van der Waals surface area contributed by atoms with Gasteiger partial charge in [0.15, 0.2) is 0 Å². The van der Waals surface area contributed by atoms with Crippen LogP contribution in [0.25, 0.3) is 0 Å². The monoisotopic (exact) mass is 250 g/mol. The highest BCUT2D eigenvalue weighted by molar-refractivity contribution is 5.60. The van der Waals surface area contributed by atoms with Gasteiger partial charge in [-0.05, 0) is 25.2 Å². The summed E-state index contributed by atoms with van der Waals surface area (Å²) in [5.74, 6) is 2.03. The molecular formula is C13H22N4O. The lowest BCUT2D eigenvalue weighted by molar-refractivity contribution is 0.143. The van der Waals surface area contributed by atoms with Crippen LogP contribution < -0.4 is 10.6 Å². The van der Waals surface area contributed by atoms with Gasteiger partial charge in [0.2, 0.25) is 0 Å². The second-order valence-corrected chi connectivity index (χ2v) is 5.31. The smallest absolute Gasteiger partial charge is 0.135 e. The molecule has 0 spiro atoms. The van der Waals surface area contributed by atoms with Gasteiger partial charge >= 0.3 is 0 Å². The van der Waals surface area contributed by atoms with Crippen LogP contribution in [0.1, 0.15) is 44.6 Å². The van der Waals surface area contributed by atoms with Crippen molar-refractivity contribution >= 4 is 11.6 Å². The summed E-state index contributed by atoms with van der Waals surface area (Å²) in [4.78, 5) is 8.60. The van der Waals surface area contributed by atoms with Crippen molar-refractivity contribution in [1.29, 1.82) is 0 Å². The maximum Gasteiger partial charge on any atom is 0.135 e. The van der Waals surface area contributed by atoms with Crippen LogP contribution in [0.5, 0.6) is 0 Å². The molecule has 5 heteroatoms. The van der Waals surface area contributed by atoms with Crippen molar-refractivity contribution in [1.82, 2.24) is 9.97 Å². The number of nitrogens with one attached hydrogen (secondary N) is 2. The average Bonchev–Trinajstić information content (AvgIpc) is 2.33. The minimum atomic E-state index is -0.178. The summed E-state index contributed by atoms with van der Waals surface area (Å²) < 4.78 is 0. The molecule has 3 N–H and O–H groups in total. The van der Waals surface area contributed by atoms with Crippen molar-refractivity contribution in [2.75, 3.05) is 24.3 Å². The molecular weight excluding hydrogens is 228 g/mol. The molecule has 1 aromatic rings. The van der Waals surface area contributed by atoms with Gasteiger partial charge in [0, 0.05) is 12.6 Å². The van der Waals surface area contributed by atoms with E-state index in [4.69, 9.17) is 0 Å².